The lowest BCUT2D eigenvalue weighted by molar-refractivity contribution is -0.123. The van der Waals surface area contributed by atoms with E-state index in [0.717, 1.165) is 28.6 Å². The van der Waals surface area contributed by atoms with E-state index < -0.39 is 0 Å². The van der Waals surface area contributed by atoms with Gasteiger partial charge in [0.25, 0.3) is 0 Å². The number of thiophene rings is 1. The van der Waals surface area contributed by atoms with Gasteiger partial charge in [0.2, 0.25) is 5.91 Å². The highest BCUT2D eigenvalue weighted by atomic mass is 32.1. The van der Waals surface area contributed by atoms with Gasteiger partial charge in [0.15, 0.2) is 0 Å². The molecule has 7 heteroatoms. The van der Waals surface area contributed by atoms with E-state index in [1.165, 1.54) is 0 Å². The van der Waals surface area contributed by atoms with Crippen LogP contribution >= 0.6 is 11.3 Å². The summed E-state index contributed by atoms with van der Waals surface area (Å²) >= 11 is 1.65. The minimum atomic E-state index is -0.230. The third-order valence-electron chi connectivity index (χ3n) is 4.50. The van der Waals surface area contributed by atoms with Crippen molar-refractivity contribution in [1.82, 2.24) is 19.8 Å². The quantitative estimate of drug-likeness (QED) is 0.763. The van der Waals surface area contributed by atoms with E-state index in [1.54, 1.807) is 23.9 Å². The van der Waals surface area contributed by atoms with Crippen molar-refractivity contribution in [3.63, 3.8) is 0 Å². The van der Waals surface area contributed by atoms with E-state index in [9.17, 15) is 4.79 Å². The van der Waals surface area contributed by atoms with Crippen molar-refractivity contribution in [3.05, 3.63) is 64.3 Å². The van der Waals surface area contributed by atoms with E-state index in [1.807, 2.05) is 41.3 Å². The number of rotatable bonds is 5. The summed E-state index contributed by atoms with van der Waals surface area (Å²) in [7, 11) is 1.95. The Labute approximate surface area is 150 Å². The SMILES string of the molecule is Cn1cnc2c1[C@@H](C(=O)NCc1cccs1)CN(Cc1ccco1)C2. The molecule has 3 aromatic heterocycles. The van der Waals surface area contributed by atoms with Crippen molar-refractivity contribution in [1.29, 1.82) is 0 Å². The Morgan fingerprint density at radius 1 is 1.44 bits per heavy atom. The third kappa shape index (κ3) is 3.38. The maximum atomic E-state index is 12.9. The fraction of sp³-hybridized carbons (Fsp3) is 0.333. The van der Waals surface area contributed by atoms with Crippen LogP contribution in [0.1, 0.15) is 27.9 Å². The number of hydrogen-bond donors (Lipinski definition) is 1. The first kappa shape index (κ1) is 16.1. The summed E-state index contributed by atoms with van der Waals surface area (Å²) < 4.78 is 7.42. The average Bonchev–Trinajstić information content (AvgIpc) is 3.35. The van der Waals surface area contributed by atoms with Gasteiger partial charge in [0.1, 0.15) is 5.76 Å². The maximum absolute atomic E-state index is 12.9. The molecule has 130 valence electrons. The van der Waals surface area contributed by atoms with Gasteiger partial charge < -0.3 is 14.3 Å². The number of imidazole rings is 1. The van der Waals surface area contributed by atoms with Gasteiger partial charge in [0.05, 0.1) is 43.0 Å². The highest BCUT2D eigenvalue weighted by Gasteiger charge is 2.34. The molecule has 25 heavy (non-hydrogen) atoms. The molecule has 0 unspecified atom stereocenters. The first-order valence-electron chi connectivity index (χ1n) is 8.25. The van der Waals surface area contributed by atoms with Gasteiger partial charge in [-0.05, 0) is 23.6 Å². The number of amides is 1. The number of hydrogen-bond acceptors (Lipinski definition) is 5. The zero-order chi connectivity index (χ0) is 17.2. The zero-order valence-electron chi connectivity index (χ0n) is 14.0. The average molecular weight is 356 g/mol. The minimum Gasteiger partial charge on any atom is -0.468 e. The number of carbonyl (C=O) groups is 1. The van der Waals surface area contributed by atoms with Gasteiger partial charge in [-0.25, -0.2) is 4.98 Å². The van der Waals surface area contributed by atoms with Crippen LogP contribution in [-0.2, 0) is 31.5 Å². The first-order valence-corrected chi connectivity index (χ1v) is 9.13. The van der Waals surface area contributed by atoms with Crippen LogP contribution in [0.5, 0.6) is 0 Å². The van der Waals surface area contributed by atoms with E-state index in [0.29, 0.717) is 19.6 Å². The molecule has 4 heterocycles. The molecule has 3 aromatic rings. The second kappa shape index (κ2) is 6.85. The van der Waals surface area contributed by atoms with Crippen LogP contribution in [0.15, 0.2) is 46.7 Å². The molecule has 0 spiro atoms. The van der Waals surface area contributed by atoms with Crippen LogP contribution in [0, 0.1) is 0 Å². The molecule has 0 aliphatic carbocycles. The van der Waals surface area contributed by atoms with E-state index in [4.69, 9.17) is 4.42 Å². The minimum absolute atomic E-state index is 0.0439. The third-order valence-corrected chi connectivity index (χ3v) is 5.38. The van der Waals surface area contributed by atoms with Crippen LogP contribution in [0.2, 0.25) is 0 Å². The lowest BCUT2D eigenvalue weighted by Gasteiger charge is -2.31. The van der Waals surface area contributed by atoms with Gasteiger partial charge in [0, 0.05) is 25.0 Å². The van der Waals surface area contributed by atoms with Crippen molar-refractivity contribution < 1.29 is 9.21 Å². The van der Waals surface area contributed by atoms with Crippen LogP contribution in [-0.4, -0.2) is 26.9 Å². The Morgan fingerprint density at radius 3 is 3.12 bits per heavy atom. The molecule has 0 saturated heterocycles. The smallest absolute Gasteiger partial charge is 0.230 e. The fourth-order valence-electron chi connectivity index (χ4n) is 3.34. The van der Waals surface area contributed by atoms with Gasteiger partial charge in [-0.15, -0.1) is 11.3 Å². The summed E-state index contributed by atoms with van der Waals surface area (Å²) in [5.74, 6) is 0.714. The molecular formula is C18H20N4O2S. The summed E-state index contributed by atoms with van der Waals surface area (Å²) in [5, 5.41) is 5.09. The molecule has 1 aliphatic rings. The molecule has 1 N–H and O–H groups in total. The highest BCUT2D eigenvalue weighted by Crippen LogP contribution is 2.28. The lowest BCUT2D eigenvalue weighted by atomic mass is 9.97. The fourth-order valence-corrected chi connectivity index (χ4v) is 3.98. The van der Waals surface area contributed by atoms with Crippen LogP contribution < -0.4 is 5.32 Å². The summed E-state index contributed by atoms with van der Waals surface area (Å²) in [6.45, 7) is 2.63. The predicted octanol–water partition coefficient (Wildman–Crippen LogP) is 2.49. The summed E-state index contributed by atoms with van der Waals surface area (Å²) in [6, 6.07) is 7.87. The Kier molecular flexibility index (Phi) is 4.42. The van der Waals surface area contributed by atoms with Gasteiger partial charge in [-0.2, -0.15) is 0 Å². The van der Waals surface area contributed by atoms with Gasteiger partial charge in [-0.3, -0.25) is 9.69 Å². The molecule has 0 radical (unpaired) electrons. The Balaban J connectivity index is 1.51. The molecular weight excluding hydrogens is 336 g/mol. The number of carbonyl (C=O) groups excluding carboxylic acids is 1. The number of furan rings is 1. The Hall–Kier alpha value is -2.38. The first-order chi connectivity index (χ1) is 12.2. The lowest BCUT2D eigenvalue weighted by Crippen LogP contribution is -2.41. The van der Waals surface area contributed by atoms with Gasteiger partial charge in [-0.1, -0.05) is 6.07 Å². The molecule has 0 aromatic carbocycles. The second-order valence-electron chi connectivity index (χ2n) is 6.29. The number of nitrogens with one attached hydrogen (secondary N) is 1. The second-order valence-corrected chi connectivity index (χ2v) is 7.32. The van der Waals surface area contributed by atoms with Gasteiger partial charge >= 0.3 is 0 Å². The molecule has 1 aliphatic heterocycles. The van der Waals surface area contributed by atoms with E-state index >= 15 is 0 Å². The molecule has 4 rings (SSSR count). The molecule has 0 fully saturated rings. The van der Waals surface area contributed by atoms with Crippen molar-refractivity contribution in [2.24, 2.45) is 7.05 Å². The zero-order valence-corrected chi connectivity index (χ0v) is 14.8. The monoisotopic (exact) mass is 356 g/mol. The highest BCUT2D eigenvalue weighted by molar-refractivity contribution is 7.09. The summed E-state index contributed by atoms with van der Waals surface area (Å²) in [6.07, 6.45) is 3.47. The molecule has 1 atom stereocenters. The predicted molar refractivity (Wildman–Crippen MR) is 94.9 cm³/mol. The van der Waals surface area contributed by atoms with Crippen LogP contribution in [0.3, 0.4) is 0 Å². The van der Waals surface area contributed by atoms with Crippen molar-refractivity contribution in [2.45, 2.75) is 25.6 Å². The number of aryl methyl sites for hydroxylation is 1. The maximum Gasteiger partial charge on any atom is 0.230 e. The molecule has 1 amide bonds. The van der Waals surface area contributed by atoms with E-state index in [-0.39, 0.29) is 11.8 Å². The van der Waals surface area contributed by atoms with E-state index in [2.05, 4.69) is 15.2 Å². The van der Waals surface area contributed by atoms with Crippen molar-refractivity contribution >= 4 is 17.2 Å². The normalized spacial score (nSPS) is 17.4. The Bertz CT molecular complexity index is 839. The number of nitrogens with zero attached hydrogens (tertiary/aromatic N) is 3. The number of fused-ring (bicyclic) bond motifs is 1. The summed E-state index contributed by atoms with van der Waals surface area (Å²) in [4.78, 5) is 20.7. The molecule has 0 saturated carbocycles. The largest absolute Gasteiger partial charge is 0.468 e. The summed E-state index contributed by atoms with van der Waals surface area (Å²) in [5.41, 5.74) is 1.98. The molecule has 6 nitrogen and oxygen atoms in total. The van der Waals surface area contributed by atoms with Crippen LogP contribution in [0.25, 0.3) is 0 Å². The van der Waals surface area contributed by atoms with Crippen LogP contribution in [0.4, 0.5) is 0 Å². The number of aromatic nitrogens is 2. The van der Waals surface area contributed by atoms with Crippen molar-refractivity contribution in [3.8, 4) is 0 Å². The topological polar surface area (TPSA) is 63.3 Å². The van der Waals surface area contributed by atoms with Crippen molar-refractivity contribution in [2.75, 3.05) is 6.54 Å². The Morgan fingerprint density at radius 2 is 2.36 bits per heavy atom. The molecule has 0 bridgehead atoms. The standard InChI is InChI=1S/C18H20N4O2S/c1-21-12-20-16-11-22(9-13-4-2-6-24-13)10-15(17(16)21)18(23)19-8-14-5-3-7-25-14/h2-7,12,15H,8-11H2,1H3,(H,19,23)/t15-/m0/s1.